The Morgan fingerprint density at radius 3 is 2.82 bits per heavy atom. The third-order valence-electron chi connectivity index (χ3n) is 8.67. The number of carbonyl (C=O) groups is 1. The van der Waals surface area contributed by atoms with E-state index in [9.17, 15) is 4.79 Å². The summed E-state index contributed by atoms with van der Waals surface area (Å²) in [6, 6.07) is 19.3. The van der Waals surface area contributed by atoms with Crippen LogP contribution < -0.4 is 0 Å². The molecule has 4 atom stereocenters. The Bertz CT molecular complexity index is 1420. The lowest BCUT2D eigenvalue weighted by atomic mass is 9.89. The molecule has 196 valence electrons. The smallest absolute Gasteiger partial charge is 0.410 e. The number of aromatic nitrogens is 3. The van der Waals surface area contributed by atoms with Crippen LogP contribution in [0.5, 0.6) is 0 Å². The van der Waals surface area contributed by atoms with Gasteiger partial charge in [0.25, 0.3) is 0 Å². The van der Waals surface area contributed by atoms with Crippen molar-refractivity contribution in [2.45, 2.75) is 70.0 Å². The van der Waals surface area contributed by atoms with E-state index >= 15 is 0 Å². The van der Waals surface area contributed by atoms with Crippen LogP contribution >= 0.6 is 0 Å². The van der Waals surface area contributed by atoms with Gasteiger partial charge in [-0.25, -0.2) is 9.48 Å². The number of rotatable bonds is 6. The summed E-state index contributed by atoms with van der Waals surface area (Å²) in [5.41, 5.74) is 4.55. The lowest BCUT2D eigenvalue weighted by Crippen LogP contribution is -2.37. The second-order valence-electron chi connectivity index (χ2n) is 11.0. The standard InChI is InChI=1S/C31H34N4O3/c36-31(38-21-22-6-2-1-3-7-22)35-27-10-12-29(35)25(17-27)19-33-14-13-24-16-23(9-11-28(24)33)26-18-32-34(20-26)30-8-4-5-15-37-30/h1-3,6-7,9,11,13-14,16,18,20,25,27,29-30H,4-5,8,10,12,15,17,19,21H2. The zero-order valence-electron chi connectivity index (χ0n) is 21.6. The van der Waals surface area contributed by atoms with Gasteiger partial charge in [-0.2, -0.15) is 5.10 Å². The molecule has 4 unspecified atom stereocenters. The molecule has 1 amide bonds. The number of carbonyl (C=O) groups excluding carboxylic acids is 1. The molecule has 3 aliphatic heterocycles. The Kier molecular flexibility index (Phi) is 6.16. The maximum Gasteiger partial charge on any atom is 0.410 e. The topological polar surface area (TPSA) is 61.5 Å². The number of hydrogen-bond acceptors (Lipinski definition) is 4. The largest absolute Gasteiger partial charge is 0.445 e. The molecule has 2 aromatic heterocycles. The van der Waals surface area contributed by atoms with Gasteiger partial charge in [0.2, 0.25) is 0 Å². The summed E-state index contributed by atoms with van der Waals surface area (Å²) in [4.78, 5) is 15.0. The summed E-state index contributed by atoms with van der Waals surface area (Å²) in [5.74, 6) is 0.446. The van der Waals surface area contributed by atoms with Crippen LogP contribution in [-0.4, -0.2) is 44.0 Å². The van der Waals surface area contributed by atoms with E-state index in [1.54, 1.807) is 0 Å². The van der Waals surface area contributed by atoms with Gasteiger partial charge in [0, 0.05) is 54.1 Å². The van der Waals surface area contributed by atoms with Crippen molar-refractivity contribution in [1.29, 1.82) is 0 Å². The van der Waals surface area contributed by atoms with E-state index in [-0.39, 0.29) is 18.4 Å². The number of ether oxygens (including phenoxy) is 2. The fourth-order valence-electron chi connectivity index (χ4n) is 6.76. The second-order valence-corrected chi connectivity index (χ2v) is 11.0. The van der Waals surface area contributed by atoms with E-state index in [4.69, 9.17) is 9.47 Å². The van der Waals surface area contributed by atoms with Crippen molar-refractivity contribution in [2.24, 2.45) is 5.92 Å². The molecular formula is C31H34N4O3. The minimum Gasteiger partial charge on any atom is -0.445 e. The van der Waals surface area contributed by atoms with Crippen LogP contribution in [0.3, 0.4) is 0 Å². The first-order valence-corrected chi connectivity index (χ1v) is 14.0. The van der Waals surface area contributed by atoms with Crippen LogP contribution in [0.1, 0.15) is 50.3 Å². The van der Waals surface area contributed by atoms with Gasteiger partial charge >= 0.3 is 6.09 Å². The Hall–Kier alpha value is -3.58. The molecule has 5 heterocycles. The quantitative estimate of drug-likeness (QED) is 0.301. The van der Waals surface area contributed by atoms with E-state index < -0.39 is 0 Å². The van der Waals surface area contributed by atoms with Gasteiger partial charge < -0.3 is 18.9 Å². The Balaban J connectivity index is 1.03. The van der Waals surface area contributed by atoms with E-state index in [0.717, 1.165) is 56.4 Å². The van der Waals surface area contributed by atoms with Crippen molar-refractivity contribution >= 4 is 17.0 Å². The van der Waals surface area contributed by atoms with E-state index in [1.165, 1.54) is 22.9 Å². The molecule has 0 radical (unpaired) electrons. The molecule has 7 nitrogen and oxygen atoms in total. The van der Waals surface area contributed by atoms with Crippen molar-refractivity contribution in [1.82, 2.24) is 19.2 Å². The van der Waals surface area contributed by atoms with Crippen molar-refractivity contribution in [3.8, 4) is 11.1 Å². The molecule has 38 heavy (non-hydrogen) atoms. The van der Waals surface area contributed by atoms with Gasteiger partial charge in [0.1, 0.15) is 12.8 Å². The summed E-state index contributed by atoms with van der Waals surface area (Å²) in [7, 11) is 0. The first-order chi connectivity index (χ1) is 18.7. The molecule has 2 bridgehead atoms. The maximum absolute atomic E-state index is 13.0. The van der Waals surface area contributed by atoms with Crippen molar-refractivity contribution in [2.75, 3.05) is 6.61 Å². The summed E-state index contributed by atoms with van der Waals surface area (Å²) in [6.45, 7) is 2.06. The minimum atomic E-state index is -0.162. The Morgan fingerprint density at radius 2 is 1.95 bits per heavy atom. The van der Waals surface area contributed by atoms with Crippen molar-refractivity contribution < 1.29 is 14.3 Å². The average Bonchev–Trinajstić information content (AvgIpc) is 3.76. The van der Waals surface area contributed by atoms with Crippen LogP contribution in [0.2, 0.25) is 0 Å². The summed E-state index contributed by atoms with van der Waals surface area (Å²) in [5, 5.41) is 5.82. The predicted molar refractivity (Wildman–Crippen MR) is 145 cm³/mol. The number of fused-ring (bicyclic) bond motifs is 3. The van der Waals surface area contributed by atoms with E-state index in [1.807, 2.05) is 46.1 Å². The molecular weight excluding hydrogens is 476 g/mol. The number of hydrogen-bond donors (Lipinski definition) is 0. The fraction of sp³-hybridized carbons (Fsp3) is 0.419. The molecule has 0 saturated carbocycles. The molecule has 2 aromatic carbocycles. The van der Waals surface area contributed by atoms with Gasteiger partial charge in [-0.3, -0.25) is 0 Å². The van der Waals surface area contributed by atoms with Crippen molar-refractivity contribution in [3.05, 3.63) is 78.8 Å². The first-order valence-electron chi connectivity index (χ1n) is 14.0. The Labute approximate surface area is 222 Å². The van der Waals surface area contributed by atoms with Gasteiger partial charge in [-0.15, -0.1) is 0 Å². The summed E-state index contributed by atoms with van der Waals surface area (Å²) in [6.07, 6.45) is 12.7. The van der Waals surface area contributed by atoms with Gasteiger partial charge in [0.15, 0.2) is 0 Å². The normalized spacial score (nSPS) is 24.8. The molecule has 7 rings (SSSR count). The monoisotopic (exact) mass is 510 g/mol. The highest BCUT2D eigenvalue weighted by Gasteiger charge is 2.49. The zero-order chi connectivity index (χ0) is 25.5. The SMILES string of the molecule is O=C(OCc1ccccc1)N1C2CCC1C(Cn1ccc3cc(-c4cnn(C5CCCCO5)c4)ccc31)C2. The lowest BCUT2D eigenvalue weighted by Gasteiger charge is -2.24. The maximum atomic E-state index is 13.0. The average molecular weight is 511 g/mol. The van der Waals surface area contributed by atoms with E-state index in [2.05, 4.69) is 46.3 Å². The van der Waals surface area contributed by atoms with Crippen molar-refractivity contribution in [3.63, 3.8) is 0 Å². The fourth-order valence-corrected chi connectivity index (χ4v) is 6.76. The summed E-state index contributed by atoms with van der Waals surface area (Å²) < 4.78 is 15.9. The number of benzene rings is 2. The molecule has 3 fully saturated rings. The third kappa shape index (κ3) is 4.39. The number of amides is 1. The molecule has 7 heteroatoms. The predicted octanol–water partition coefficient (Wildman–Crippen LogP) is 6.39. The molecule has 0 aliphatic carbocycles. The van der Waals surface area contributed by atoms with Crippen LogP contribution in [0.15, 0.2) is 73.2 Å². The third-order valence-corrected chi connectivity index (χ3v) is 8.67. The minimum absolute atomic E-state index is 0.0549. The van der Waals surface area contributed by atoms with Crippen LogP contribution in [0.25, 0.3) is 22.0 Å². The van der Waals surface area contributed by atoms with Gasteiger partial charge in [0.05, 0.1) is 6.20 Å². The second kappa shape index (κ2) is 9.95. The Morgan fingerprint density at radius 1 is 1.03 bits per heavy atom. The lowest BCUT2D eigenvalue weighted by molar-refractivity contribution is -0.0394. The highest BCUT2D eigenvalue weighted by molar-refractivity contribution is 5.85. The highest BCUT2D eigenvalue weighted by Crippen LogP contribution is 2.43. The molecule has 4 aromatic rings. The van der Waals surface area contributed by atoms with Gasteiger partial charge in [-0.05, 0) is 73.8 Å². The van der Waals surface area contributed by atoms with Crippen LogP contribution in [-0.2, 0) is 22.6 Å². The zero-order valence-corrected chi connectivity index (χ0v) is 21.6. The van der Waals surface area contributed by atoms with Crippen LogP contribution in [0, 0.1) is 5.92 Å². The highest BCUT2D eigenvalue weighted by atomic mass is 16.6. The van der Waals surface area contributed by atoms with Crippen LogP contribution in [0.4, 0.5) is 4.79 Å². The molecule has 3 saturated heterocycles. The molecule has 0 N–H and O–H groups in total. The first kappa shape index (κ1) is 23.5. The molecule has 0 spiro atoms. The number of nitrogens with zero attached hydrogens (tertiary/aromatic N) is 4. The van der Waals surface area contributed by atoms with Gasteiger partial charge in [-0.1, -0.05) is 36.4 Å². The summed E-state index contributed by atoms with van der Waals surface area (Å²) >= 11 is 0. The van der Waals surface area contributed by atoms with E-state index in [0.29, 0.717) is 18.6 Å². The molecule has 3 aliphatic rings.